The van der Waals surface area contributed by atoms with Gasteiger partial charge in [0.2, 0.25) is 0 Å². The van der Waals surface area contributed by atoms with E-state index in [1.54, 1.807) is 4.90 Å². The van der Waals surface area contributed by atoms with Crippen molar-refractivity contribution in [1.82, 2.24) is 10.1 Å². The molecule has 0 spiro atoms. The van der Waals surface area contributed by atoms with Gasteiger partial charge in [-0.05, 0) is 31.4 Å². The first-order valence-electron chi connectivity index (χ1n) is 9.01. The first-order valence-corrected chi connectivity index (χ1v) is 9.01. The van der Waals surface area contributed by atoms with Crippen molar-refractivity contribution >= 4 is 5.91 Å². The molecule has 0 saturated carbocycles. The molecule has 1 atom stereocenters. The lowest BCUT2D eigenvalue weighted by atomic mass is 10.2. The van der Waals surface area contributed by atoms with Crippen molar-refractivity contribution < 1.29 is 27.6 Å². The van der Waals surface area contributed by atoms with E-state index in [-0.39, 0.29) is 35.8 Å². The van der Waals surface area contributed by atoms with E-state index < -0.39 is 11.6 Å². The Bertz CT molecular complexity index is 775. The normalized spacial score (nSPS) is 16.5. The van der Waals surface area contributed by atoms with Crippen molar-refractivity contribution in [2.45, 2.75) is 38.9 Å². The third-order valence-electron chi connectivity index (χ3n) is 4.27. The van der Waals surface area contributed by atoms with Crippen molar-refractivity contribution in [3.8, 4) is 5.75 Å². The van der Waals surface area contributed by atoms with Crippen LogP contribution >= 0.6 is 0 Å². The zero-order valence-electron chi connectivity index (χ0n) is 15.1. The summed E-state index contributed by atoms with van der Waals surface area (Å²) in [6, 6.07) is 4.50. The quantitative estimate of drug-likeness (QED) is 0.701. The molecule has 0 bridgehead atoms. The molecular weight excluding hydrogens is 358 g/mol. The number of benzene rings is 1. The van der Waals surface area contributed by atoms with Crippen LogP contribution in [-0.2, 0) is 11.3 Å². The molecule has 8 heteroatoms. The second kappa shape index (κ2) is 8.94. The minimum absolute atomic E-state index is 0.0525. The highest BCUT2D eigenvalue weighted by Crippen LogP contribution is 2.20. The molecule has 2 heterocycles. The van der Waals surface area contributed by atoms with E-state index >= 15 is 0 Å². The van der Waals surface area contributed by atoms with Crippen LogP contribution in [0.4, 0.5) is 8.78 Å². The Balaban J connectivity index is 1.61. The number of carbonyl (C=O) groups is 1. The molecule has 2 aromatic rings. The van der Waals surface area contributed by atoms with Gasteiger partial charge >= 0.3 is 0 Å². The van der Waals surface area contributed by atoms with Crippen LogP contribution in [0.5, 0.6) is 5.75 Å². The van der Waals surface area contributed by atoms with Crippen LogP contribution in [0, 0.1) is 11.6 Å². The van der Waals surface area contributed by atoms with Gasteiger partial charge in [-0.15, -0.1) is 0 Å². The maximum atomic E-state index is 13.6. The van der Waals surface area contributed by atoms with Crippen LogP contribution in [0.3, 0.4) is 0 Å². The average Bonchev–Trinajstić information content (AvgIpc) is 3.32. The summed E-state index contributed by atoms with van der Waals surface area (Å²) in [6.45, 7) is 3.71. The van der Waals surface area contributed by atoms with Gasteiger partial charge in [-0.1, -0.05) is 12.1 Å². The van der Waals surface area contributed by atoms with Crippen molar-refractivity contribution in [3.05, 3.63) is 47.4 Å². The Morgan fingerprint density at radius 3 is 2.93 bits per heavy atom. The number of hydrogen-bond donors (Lipinski definition) is 0. The molecule has 0 unspecified atom stereocenters. The summed E-state index contributed by atoms with van der Waals surface area (Å²) in [4.78, 5) is 14.4. The molecule has 1 aromatic carbocycles. The monoisotopic (exact) mass is 380 g/mol. The zero-order chi connectivity index (χ0) is 19.2. The summed E-state index contributed by atoms with van der Waals surface area (Å²) < 4.78 is 42.5. The van der Waals surface area contributed by atoms with E-state index in [0.29, 0.717) is 13.1 Å². The number of nitrogens with zero attached hydrogens (tertiary/aromatic N) is 2. The standard InChI is InChI=1S/C19H22F2N2O4/c1-2-7-23(11-14-4-3-8-25-14)19(24)17-10-15(27-22-17)12-26-18-6-5-13(20)9-16(18)21/h5-6,9-10,14H,2-4,7-8,11-12H2,1H3/t14-/m1/s1. The maximum Gasteiger partial charge on any atom is 0.276 e. The molecule has 27 heavy (non-hydrogen) atoms. The molecule has 0 N–H and O–H groups in total. The third kappa shape index (κ3) is 5.03. The first kappa shape index (κ1) is 19.3. The van der Waals surface area contributed by atoms with Crippen molar-refractivity contribution in [2.24, 2.45) is 0 Å². The summed E-state index contributed by atoms with van der Waals surface area (Å²) in [5, 5.41) is 3.80. The van der Waals surface area contributed by atoms with Crippen LogP contribution < -0.4 is 4.74 Å². The summed E-state index contributed by atoms with van der Waals surface area (Å²) in [6.07, 6.45) is 2.81. The Kier molecular flexibility index (Phi) is 6.39. The minimum Gasteiger partial charge on any atom is -0.482 e. The number of amides is 1. The lowest BCUT2D eigenvalue weighted by molar-refractivity contribution is 0.0518. The number of aromatic nitrogens is 1. The highest BCUT2D eigenvalue weighted by molar-refractivity contribution is 5.92. The van der Waals surface area contributed by atoms with Gasteiger partial charge in [-0.25, -0.2) is 8.78 Å². The molecule has 1 aliphatic heterocycles. The zero-order valence-corrected chi connectivity index (χ0v) is 15.1. The number of ether oxygens (including phenoxy) is 2. The van der Waals surface area contributed by atoms with Crippen molar-refractivity contribution in [3.63, 3.8) is 0 Å². The van der Waals surface area contributed by atoms with E-state index in [1.807, 2.05) is 6.92 Å². The van der Waals surface area contributed by atoms with Gasteiger partial charge in [0, 0.05) is 31.8 Å². The molecule has 1 aromatic heterocycles. The molecule has 146 valence electrons. The molecule has 1 aliphatic rings. The fourth-order valence-corrected chi connectivity index (χ4v) is 2.96. The van der Waals surface area contributed by atoms with Gasteiger partial charge in [0.15, 0.2) is 23.0 Å². The molecule has 1 amide bonds. The Morgan fingerprint density at radius 2 is 2.22 bits per heavy atom. The van der Waals surface area contributed by atoms with E-state index in [1.165, 1.54) is 12.1 Å². The van der Waals surface area contributed by atoms with Crippen LogP contribution in [0.1, 0.15) is 42.4 Å². The maximum absolute atomic E-state index is 13.6. The SMILES string of the molecule is CCCN(C[C@H]1CCCO1)C(=O)c1cc(COc2ccc(F)cc2F)on1. The second-order valence-corrected chi connectivity index (χ2v) is 6.43. The van der Waals surface area contributed by atoms with E-state index in [4.69, 9.17) is 14.0 Å². The fourth-order valence-electron chi connectivity index (χ4n) is 2.96. The fraction of sp³-hybridized carbons (Fsp3) is 0.474. The van der Waals surface area contributed by atoms with Gasteiger partial charge in [0.1, 0.15) is 12.4 Å². The topological polar surface area (TPSA) is 64.8 Å². The van der Waals surface area contributed by atoms with Crippen molar-refractivity contribution in [1.29, 1.82) is 0 Å². The lowest BCUT2D eigenvalue weighted by Crippen LogP contribution is -2.38. The Hall–Kier alpha value is -2.48. The number of rotatable bonds is 8. The lowest BCUT2D eigenvalue weighted by Gasteiger charge is -2.24. The van der Waals surface area contributed by atoms with Crippen LogP contribution in [-0.4, -0.2) is 41.8 Å². The molecular formula is C19H22F2N2O4. The number of halogens is 2. The summed E-state index contributed by atoms with van der Waals surface area (Å²) in [5.74, 6) is -1.57. The molecule has 1 fully saturated rings. The Labute approximate surface area is 156 Å². The molecule has 6 nitrogen and oxygen atoms in total. The van der Waals surface area contributed by atoms with Crippen LogP contribution in [0.15, 0.2) is 28.8 Å². The second-order valence-electron chi connectivity index (χ2n) is 6.43. The predicted molar refractivity (Wildman–Crippen MR) is 92.4 cm³/mol. The Morgan fingerprint density at radius 1 is 1.37 bits per heavy atom. The van der Waals surface area contributed by atoms with Gasteiger partial charge < -0.3 is 18.9 Å². The van der Waals surface area contributed by atoms with Crippen molar-refractivity contribution in [2.75, 3.05) is 19.7 Å². The summed E-state index contributed by atoms with van der Waals surface area (Å²) in [7, 11) is 0. The largest absolute Gasteiger partial charge is 0.482 e. The van der Waals surface area contributed by atoms with Crippen LogP contribution in [0.25, 0.3) is 0 Å². The molecule has 1 saturated heterocycles. The van der Waals surface area contributed by atoms with Gasteiger partial charge in [-0.3, -0.25) is 4.79 Å². The van der Waals surface area contributed by atoms with E-state index in [9.17, 15) is 13.6 Å². The highest BCUT2D eigenvalue weighted by Gasteiger charge is 2.25. The van der Waals surface area contributed by atoms with Gasteiger partial charge in [0.25, 0.3) is 5.91 Å². The van der Waals surface area contributed by atoms with Gasteiger partial charge in [0.05, 0.1) is 6.10 Å². The van der Waals surface area contributed by atoms with E-state index in [0.717, 1.165) is 38.0 Å². The summed E-state index contributed by atoms with van der Waals surface area (Å²) >= 11 is 0. The number of hydrogen-bond acceptors (Lipinski definition) is 5. The average molecular weight is 380 g/mol. The van der Waals surface area contributed by atoms with E-state index in [2.05, 4.69) is 5.16 Å². The van der Waals surface area contributed by atoms with Crippen LogP contribution in [0.2, 0.25) is 0 Å². The number of carbonyl (C=O) groups excluding carboxylic acids is 1. The third-order valence-corrected chi connectivity index (χ3v) is 4.27. The first-order chi connectivity index (χ1) is 13.1. The molecule has 0 radical (unpaired) electrons. The highest BCUT2D eigenvalue weighted by atomic mass is 19.1. The molecule has 3 rings (SSSR count). The minimum atomic E-state index is -0.809. The predicted octanol–water partition coefficient (Wildman–Crippen LogP) is 3.56. The summed E-state index contributed by atoms with van der Waals surface area (Å²) in [5.41, 5.74) is 0.166. The molecule has 0 aliphatic carbocycles. The van der Waals surface area contributed by atoms with Gasteiger partial charge in [-0.2, -0.15) is 0 Å². The smallest absolute Gasteiger partial charge is 0.276 e.